The molecule has 1 heterocycles. The van der Waals surface area contributed by atoms with E-state index >= 15 is 0 Å². The standard InChI is InChI=1S/C14H27N5O2/c1-6-12-16-13(18-15)11(3)14(17-12)19(7-8-20-4)10(2)9-21-5/h10H,6-9,15H2,1-5H3,(H,16,17,18). The summed E-state index contributed by atoms with van der Waals surface area (Å²) in [6.45, 7) is 8.04. The van der Waals surface area contributed by atoms with Crippen LogP contribution < -0.4 is 16.2 Å². The van der Waals surface area contributed by atoms with Gasteiger partial charge in [0.05, 0.1) is 19.3 Å². The Labute approximate surface area is 126 Å². The summed E-state index contributed by atoms with van der Waals surface area (Å²) in [7, 11) is 3.39. The molecule has 0 fully saturated rings. The van der Waals surface area contributed by atoms with Gasteiger partial charge in [-0.15, -0.1) is 0 Å². The third-order valence-corrected chi connectivity index (χ3v) is 3.37. The molecule has 120 valence electrons. The van der Waals surface area contributed by atoms with E-state index in [1.807, 2.05) is 13.8 Å². The number of hydrogen-bond acceptors (Lipinski definition) is 7. The molecule has 0 aliphatic heterocycles. The first kappa shape index (κ1) is 17.6. The quantitative estimate of drug-likeness (QED) is 0.522. The van der Waals surface area contributed by atoms with Gasteiger partial charge in [-0.1, -0.05) is 6.92 Å². The first-order valence-electron chi connectivity index (χ1n) is 7.17. The number of nitrogens with one attached hydrogen (secondary N) is 1. The third-order valence-electron chi connectivity index (χ3n) is 3.37. The van der Waals surface area contributed by atoms with E-state index in [0.29, 0.717) is 19.0 Å². The van der Waals surface area contributed by atoms with Gasteiger partial charge in [-0.3, -0.25) is 0 Å². The second-order valence-corrected chi connectivity index (χ2v) is 4.93. The summed E-state index contributed by atoms with van der Waals surface area (Å²) in [5.74, 6) is 7.86. The minimum atomic E-state index is 0.175. The fourth-order valence-electron chi connectivity index (χ4n) is 2.18. The zero-order valence-electron chi connectivity index (χ0n) is 13.6. The van der Waals surface area contributed by atoms with Crippen LogP contribution in [-0.4, -0.2) is 50.0 Å². The highest BCUT2D eigenvalue weighted by atomic mass is 16.5. The average Bonchev–Trinajstić information content (AvgIpc) is 2.49. The van der Waals surface area contributed by atoms with Crippen molar-refractivity contribution in [2.24, 2.45) is 5.84 Å². The molecule has 1 atom stereocenters. The predicted molar refractivity (Wildman–Crippen MR) is 84.5 cm³/mol. The lowest BCUT2D eigenvalue weighted by atomic mass is 10.2. The molecule has 0 aromatic carbocycles. The van der Waals surface area contributed by atoms with Crippen molar-refractivity contribution >= 4 is 11.6 Å². The minimum absolute atomic E-state index is 0.175. The van der Waals surface area contributed by atoms with E-state index in [9.17, 15) is 0 Å². The van der Waals surface area contributed by atoms with Crippen LogP contribution in [0.4, 0.5) is 11.6 Å². The molecule has 0 saturated carbocycles. The van der Waals surface area contributed by atoms with Gasteiger partial charge in [0.1, 0.15) is 17.5 Å². The summed E-state index contributed by atoms with van der Waals surface area (Å²) in [5, 5.41) is 0. The number of hydrogen-bond donors (Lipinski definition) is 2. The number of aryl methyl sites for hydroxylation is 1. The van der Waals surface area contributed by atoms with Crippen LogP contribution >= 0.6 is 0 Å². The Hall–Kier alpha value is -1.44. The van der Waals surface area contributed by atoms with Gasteiger partial charge in [0.25, 0.3) is 0 Å². The molecule has 0 spiro atoms. The first-order valence-corrected chi connectivity index (χ1v) is 7.17. The van der Waals surface area contributed by atoms with E-state index in [1.165, 1.54) is 0 Å². The Morgan fingerprint density at radius 1 is 1.29 bits per heavy atom. The van der Waals surface area contributed by atoms with Crippen LogP contribution in [0.2, 0.25) is 0 Å². The van der Waals surface area contributed by atoms with Crippen LogP contribution in [0.25, 0.3) is 0 Å². The van der Waals surface area contributed by atoms with E-state index in [0.717, 1.165) is 30.2 Å². The molecule has 21 heavy (non-hydrogen) atoms. The lowest BCUT2D eigenvalue weighted by Gasteiger charge is -2.31. The summed E-state index contributed by atoms with van der Waals surface area (Å²) >= 11 is 0. The SMILES string of the molecule is CCc1nc(NN)c(C)c(N(CCOC)C(C)COC)n1. The third kappa shape index (κ3) is 4.52. The number of rotatable bonds is 9. The Kier molecular flexibility index (Phi) is 7.35. The molecule has 1 rings (SSSR count). The zero-order valence-corrected chi connectivity index (χ0v) is 13.6. The van der Waals surface area contributed by atoms with Gasteiger partial charge in [-0.05, 0) is 13.8 Å². The fraction of sp³-hybridized carbons (Fsp3) is 0.714. The normalized spacial score (nSPS) is 12.3. The number of nitrogen functional groups attached to an aromatic ring is 1. The highest BCUT2D eigenvalue weighted by molar-refractivity contribution is 5.58. The topological polar surface area (TPSA) is 85.5 Å². The van der Waals surface area contributed by atoms with E-state index in [2.05, 4.69) is 27.2 Å². The molecule has 7 heteroatoms. The highest BCUT2D eigenvalue weighted by Gasteiger charge is 2.20. The van der Waals surface area contributed by atoms with Crippen molar-refractivity contribution in [2.75, 3.05) is 44.3 Å². The summed E-state index contributed by atoms with van der Waals surface area (Å²) in [4.78, 5) is 11.2. The predicted octanol–water partition coefficient (Wildman–Crippen LogP) is 1.12. The Morgan fingerprint density at radius 3 is 2.52 bits per heavy atom. The monoisotopic (exact) mass is 297 g/mol. The molecule has 0 aliphatic carbocycles. The molecule has 1 unspecified atom stereocenters. The number of ether oxygens (including phenoxy) is 2. The van der Waals surface area contributed by atoms with Gasteiger partial charge in [-0.2, -0.15) is 0 Å². The summed E-state index contributed by atoms with van der Waals surface area (Å²) in [5.41, 5.74) is 3.58. The van der Waals surface area contributed by atoms with Gasteiger partial charge in [-0.25, -0.2) is 15.8 Å². The van der Waals surface area contributed by atoms with Crippen LogP contribution in [0, 0.1) is 6.92 Å². The number of anilines is 2. The lowest BCUT2D eigenvalue weighted by Crippen LogP contribution is -2.40. The van der Waals surface area contributed by atoms with Crippen molar-refractivity contribution in [2.45, 2.75) is 33.2 Å². The van der Waals surface area contributed by atoms with Gasteiger partial charge < -0.3 is 19.8 Å². The van der Waals surface area contributed by atoms with Gasteiger partial charge in [0, 0.05) is 32.7 Å². The molecular formula is C14H27N5O2. The number of aromatic nitrogens is 2. The average molecular weight is 297 g/mol. The van der Waals surface area contributed by atoms with Crippen molar-refractivity contribution < 1.29 is 9.47 Å². The second kappa shape index (κ2) is 8.76. The van der Waals surface area contributed by atoms with E-state index in [4.69, 9.17) is 15.3 Å². The molecule has 1 aromatic heterocycles. The van der Waals surface area contributed by atoms with Crippen molar-refractivity contribution in [3.8, 4) is 0 Å². The molecule has 0 bridgehead atoms. The van der Waals surface area contributed by atoms with Gasteiger partial charge >= 0.3 is 0 Å². The van der Waals surface area contributed by atoms with Crippen LogP contribution in [0.1, 0.15) is 25.2 Å². The lowest BCUT2D eigenvalue weighted by molar-refractivity contribution is 0.170. The fourth-order valence-corrected chi connectivity index (χ4v) is 2.18. The number of nitrogens with zero attached hydrogens (tertiary/aromatic N) is 3. The zero-order chi connectivity index (χ0) is 15.8. The summed E-state index contributed by atoms with van der Waals surface area (Å²) in [6.07, 6.45) is 0.749. The van der Waals surface area contributed by atoms with Crippen molar-refractivity contribution in [1.82, 2.24) is 9.97 Å². The maximum Gasteiger partial charge on any atom is 0.148 e. The van der Waals surface area contributed by atoms with Gasteiger partial charge in [0.15, 0.2) is 0 Å². The number of methoxy groups -OCH3 is 2. The van der Waals surface area contributed by atoms with E-state index in [1.54, 1.807) is 14.2 Å². The Bertz CT molecular complexity index is 442. The van der Waals surface area contributed by atoms with E-state index < -0.39 is 0 Å². The Morgan fingerprint density at radius 2 is 2.00 bits per heavy atom. The molecule has 0 saturated heterocycles. The summed E-state index contributed by atoms with van der Waals surface area (Å²) in [6, 6.07) is 0.175. The molecule has 0 radical (unpaired) electrons. The van der Waals surface area contributed by atoms with Crippen LogP contribution in [0.5, 0.6) is 0 Å². The molecular weight excluding hydrogens is 270 g/mol. The number of nitrogens with two attached hydrogens (primary N) is 1. The molecule has 1 aromatic rings. The molecule has 7 nitrogen and oxygen atoms in total. The minimum Gasteiger partial charge on any atom is -0.383 e. The largest absolute Gasteiger partial charge is 0.383 e. The van der Waals surface area contributed by atoms with Crippen molar-refractivity contribution in [1.29, 1.82) is 0 Å². The second-order valence-electron chi connectivity index (χ2n) is 4.93. The van der Waals surface area contributed by atoms with Crippen LogP contribution in [-0.2, 0) is 15.9 Å². The van der Waals surface area contributed by atoms with Crippen molar-refractivity contribution in [3.63, 3.8) is 0 Å². The smallest absolute Gasteiger partial charge is 0.148 e. The number of hydrazine groups is 1. The molecule has 0 amide bonds. The Balaban J connectivity index is 3.20. The van der Waals surface area contributed by atoms with Crippen LogP contribution in [0.3, 0.4) is 0 Å². The van der Waals surface area contributed by atoms with Crippen molar-refractivity contribution in [3.05, 3.63) is 11.4 Å². The summed E-state index contributed by atoms with van der Waals surface area (Å²) < 4.78 is 10.5. The molecule has 0 aliphatic rings. The van der Waals surface area contributed by atoms with E-state index in [-0.39, 0.29) is 6.04 Å². The molecule has 3 N–H and O–H groups in total. The maximum atomic E-state index is 5.57. The highest BCUT2D eigenvalue weighted by Crippen LogP contribution is 2.25. The van der Waals surface area contributed by atoms with Gasteiger partial charge in [0.2, 0.25) is 0 Å². The van der Waals surface area contributed by atoms with Crippen LogP contribution in [0.15, 0.2) is 0 Å². The first-order chi connectivity index (χ1) is 10.1. The maximum absolute atomic E-state index is 5.57.